The number of hydrogen-bond donors (Lipinski definition) is 2. The van der Waals surface area contributed by atoms with Gasteiger partial charge < -0.3 is 9.84 Å². The van der Waals surface area contributed by atoms with E-state index in [1.54, 1.807) is 0 Å². The number of benzene rings is 2. The number of H-pyrrole nitrogens is 2. The fourth-order valence-corrected chi connectivity index (χ4v) is 3.16. The van der Waals surface area contributed by atoms with Crippen LogP contribution in [0.25, 0.3) is 0 Å². The molecule has 2 aromatic carbocycles. The van der Waals surface area contributed by atoms with Crippen LogP contribution in [-0.4, -0.2) is 10.2 Å². The Balaban J connectivity index is 1.84. The highest BCUT2D eigenvalue weighted by atomic mass is 16.5. The van der Waals surface area contributed by atoms with E-state index < -0.39 is 0 Å². The van der Waals surface area contributed by atoms with Crippen molar-refractivity contribution >= 4 is 0 Å². The SMILES string of the molecule is Cc1ccc(C)c(COc2ccccc2Cc2c(C(C)C)[nH][nH]c2=O)c1. The second-order valence-electron chi connectivity index (χ2n) is 7.13. The van der Waals surface area contributed by atoms with E-state index in [1.165, 1.54) is 16.7 Å². The molecule has 0 spiro atoms. The number of rotatable bonds is 6. The Bertz CT molecular complexity index is 951. The summed E-state index contributed by atoms with van der Waals surface area (Å²) in [7, 11) is 0. The van der Waals surface area contributed by atoms with Crippen molar-refractivity contribution in [3.8, 4) is 5.75 Å². The van der Waals surface area contributed by atoms with Crippen molar-refractivity contribution in [3.63, 3.8) is 0 Å². The van der Waals surface area contributed by atoms with Gasteiger partial charge in [-0.3, -0.25) is 9.89 Å². The van der Waals surface area contributed by atoms with Gasteiger partial charge in [-0.05, 0) is 42.5 Å². The molecule has 3 aromatic rings. The minimum Gasteiger partial charge on any atom is -0.489 e. The summed E-state index contributed by atoms with van der Waals surface area (Å²) in [5.74, 6) is 1.08. The molecule has 0 aliphatic rings. The molecule has 26 heavy (non-hydrogen) atoms. The van der Waals surface area contributed by atoms with Gasteiger partial charge >= 0.3 is 0 Å². The molecule has 0 fully saturated rings. The number of ether oxygens (including phenoxy) is 1. The van der Waals surface area contributed by atoms with Gasteiger partial charge in [0, 0.05) is 17.7 Å². The minimum atomic E-state index is -0.0574. The summed E-state index contributed by atoms with van der Waals surface area (Å²) in [6, 6.07) is 14.3. The predicted octanol–water partition coefficient (Wildman–Crippen LogP) is 4.61. The third kappa shape index (κ3) is 3.90. The van der Waals surface area contributed by atoms with Crippen molar-refractivity contribution in [3.05, 3.63) is 86.3 Å². The van der Waals surface area contributed by atoms with Gasteiger partial charge in [0.05, 0.1) is 0 Å². The van der Waals surface area contributed by atoms with Crippen LogP contribution in [0.3, 0.4) is 0 Å². The molecule has 4 heteroatoms. The Kier molecular flexibility index (Phi) is 5.31. The average molecular weight is 350 g/mol. The number of aromatic amines is 2. The summed E-state index contributed by atoms with van der Waals surface area (Å²) in [5, 5.41) is 5.71. The van der Waals surface area contributed by atoms with Crippen molar-refractivity contribution in [1.29, 1.82) is 0 Å². The first-order chi connectivity index (χ1) is 12.5. The van der Waals surface area contributed by atoms with Gasteiger partial charge in [-0.25, -0.2) is 0 Å². The zero-order valence-electron chi connectivity index (χ0n) is 15.8. The van der Waals surface area contributed by atoms with Gasteiger partial charge in [0.15, 0.2) is 0 Å². The van der Waals surface area contributed by atoms with Gasteiger partial charge in [-0.2, -0.15) is 0 Å². The van der Waals surface area contributed by atoms with Crippen LogP contribution >= 0.6 is 0 Å². The topological polar surface area (TPSA) is 57.9 Å². The number of aryl methyl sites for hydroxylation is 2. The number of aromatic nitrogens is 2. The first-order valence-corrected chi connectivity index (χ1v) is 9.02. The average Bonchev–Trinajstić information content (AvgIpc) is 2.98. The van der Waals surface area contributed by atoms with Crippen LogP contribution in [0.5, 0.6) is 5.75 Å². The monoisotopic (exact) mass is 350 g/mol. The van der Waals surface area contributed by atoms with Gasteiger partial charge in [-0.1, -0.05) is 55.8 Å². The van der Waals surface area contributed by atoms with E-state index in [-0.39, 0.29) is 11.5 Å². The molecular weight excluding hydrogens is 324 g/mol. The molecule has 0 radical (unpaired) electrons. The van der Waals surface area contributed by atoms with Crippen molar-refractivity contribution < 1.29 is 4.74 Å². The first kappa shape index (κ1) is 18.1. The molecule has 1 aromatic heterocycles. The molecule has 3 rings (SSSR count). The smallest absolute Gasteiger partial charge is 0.267 e. The largest absolute Gasteiger partial charge is 0.489 e. The summed E-state index contributed by atoms with van der Waals surface area (Å²) in [4.78, 5) is 12.2. The Morgan fingerprint density at radius 1 is 1.00 bits per heavy atom. The van der Waals surface area contributed by atoms with Crippen LogP contribution < -0.4 is 10.3 Å². The van der Waals surface area contributed by atoms with E-state index in [4.69, 9.17) is 4.74 Å². The van der Waals surface area contributed by atoms with Gasteiger partial charge in [-0.15, -0.1) is 0 Å². The van der Waals surface area contributed by atoms with Crippen molar-refractivity contribution in [2.24, 2.45) is 0 Å². The fraction of sp³-hybridized carbons (Fsp3) is 0.318. The normalized spacial score (nSPS) is 11.1. The van der Waals surface area contributed by atoms with E-state index in [1.807, 2.05) is 24.3 Å². The molecule has 136 valence electrons. The summed E-state index contributed by atoms with van der Waals surface area (Å²) < 4.78 is 6.13. The molecule has 0 saturated carbocycles. The number of hydrogen-bond acceptors (Lipinski definition) is 2. The zero-order chi connectivity index (χ0) is 18.7. The molecule has 0 aliphatic heterocycles. The van der Waals surface area contributed by atoms with Gasteiger partial charge in [0.25, 0.3) is 5.56 Å². The molecule has 0 saturated heterocycles. The van der Waals surface area contributed by atoms with Crippen LogP contribution in [0, 0.1) is 13.8 Å². The third-order valence-corrected chi connectivity index (χ3v) is 4.71. The molecule has 0 bridgehead atoms. The van der Waals surface area contributed by atoms with Crippen molar-refractivity contribution in [2.75, 3.05) is 0 Å². The maximum atomic E-state index is 12.2. The zero-order valence-corrected chi connectivity index (χ0v) is 15.8. The van der Waals surface area contributed by atoms with E-state index in [9.17, 15) is 4.79 Å². The summed E-state index contributed by atoms with van der Waals surface area (Å²) >= 11 is 0. The lowest BCUT2D eigenvalue weighted by Gasteiger charge is -2.14. The maximum Gasteiger partial charge on any atom is 0.267 e. The lowest BCUT2D eigenvalue weighted by Crippen LogP contribution is -2.09. The van der Waals surface area contributed by atoms with Crippen LogP contribution in [0.1, 0.15) is 53.3 Å². The second kappa shape index (κ2) is 7.65. The molecule has 2 N–H and O–H groups in total. The van der Waals surface area contributed by atoms with Crippen LogP contribution in [-0.2, 0) is 13.0 Å². The molecule has 0 aliphatic carbocycles. The van der Waals surface area contributed by atoms with Crippen LogP contribution in [0.2, 0.25) is 0 Å². The van der Waals surface area contributed by atoms with Gasteiger partial charge in [0.2, 0.25) is 0 Å². The fourth-order valence-electron chi connectivity index (χ4n) is 3.16. The summed E-state index contributed by atoms with van der Waals surface area (Å²) in [5.41, 5.74) is 6.33. The maximum absolute atomic E-state index is 12.2. The Morgan fingerprint density at radius 3 is 2.54 bits per heavy atom. The third-order valence-electron chi connectivity index (χ3n) is 4.71. The standard InChI is InChI=1S/C22H26N2O2/c1-14(2)21-19(22(25)24-23-21)12-17-7-5-6-8-20(17)26-13-18-11-15(3)9-10-16(18)4/h5-11,14H,12-13H2,1-4H3,(H2,23,24,25). The van der Waals surface area contributed by atoms with E-state index in [0.717, 1.165) is 22.6 Å². The quantitative estimate of drug-likeness (QED) is 0.682. The summed E-state index contributed by atoms with van der Waals surface area (Å²) in [6.45, 7) is 8.85. The number of nitrogens with one attached hydrogen (secondary N) is 2. The minimum absolute atomic E-state index is 0.0574. The van der Waals surface area contributed by atoms with E-state index in [2.05, 4.69) is 56.1 Å². The summed E-state index contributed by atoms with van der Waals surface area (Å²) in [6.07, 6.45) is 0.551. The van der Waals surface area contributed by atoms with Crippen molar-refractivity contribution in [1.82, 2.24) is 10.2 Å². The molecule has 0 atom stereocenters. The molecule has 0 unspecified atom stereocenters. The Morgan fingerprint density at radius 2 is 1.77 bits per heavy atom. The Hall–Kier alpha value is -2.75. The molecule has 4 nitrogen and oxygen atoms in total. The van der Waals surface area contributed by atoms with Crippen LogP contribution in [0.4, 0.5) is 0 Å². The molecule has 1 heterocycles. The molecule has 0 amide bonds. The van der Waals surface area contributed by atoms with E-state index >= 15 is 0 Å². The number of para-hydroxylation sites is 1. The highest BCUT2D eigenvalue weighted by Crippen LogP contribution is 2.25. The first-order valence-electron chi connectivity index (χ1n) is 9.02. The van der Waals surface area contributed by atoms with Gasteiger partial charge in [0.1, 0.15) is 12.4 Å². The lowest BCUT2D eigenvalue weighted by molar-refractivity contribution is 0.302. The van der Waals surface area contributed by atoms with Crippen LogP contribution in [0.15, 0.2) is 47.3 Å². The molecular formula is C22H26N2O2. The highest BCUT2D eigenvalue weighted by molar-refractivity contribution is 5.39. The van der Waals surface area contributed by atoms with Crippen molar-refractivity contribution in [2.45, 2.75) is 46.6 Å². The lowest BCUT2D eigenvalue weighted by atomic mass is 9.99. The van der Waals surface area contributed by atoms with E-state index in [0.29, 0.717) is 13.0 Å². The highest BCUT2D eigenvalue weighted by Gasteiger charge is 2.15. The predicted molar refractivity (Wildman–Crippen MR) is 105 cm³/mol. The Labute approximate surface area is 154 Å². The second-order valence-corrected chi connectivity index (χ2v) is 7.13.